The molecule has 2 aromatic rings. The Labute approximate surface area is 144 Å². The summed E-state index contributed by atoms with van der Waals surface area (Å²) < 4.78 is 11.6. The van der Waals surface area contributed by atoms with Crippen LogP contribution in [0.25, 0.3) is 0 Å². The van der Waals surface area contributed by atoms with E-state index < -0.39 is 0 Å². The molecule has 0 spiro atoms. The van der Waals surface area contributed by atoms with E-state index in [1.165, 1.54) is 16.7 Å². The third-order valence-electron chi connectivity index (χ3n) is 3.89. The van der Waals surface area contributed by atoms with Gasteiger partial charge in [0.25, 0.3) is 0 Å². The number of ether oxygens (including phenoxy) is 2. The summed E-state index contributed by atoms with van der Waals surface area (Å²) in [4.78, 5) is 0. The maximum absolute atomic E-state index is 8.79. The second kappa shape index (κ2) is 9.30. The summed E-state index contributed by atoms with van der Waals surface area (Å²) in [5, 5.41) is 11.9. The normalized spacial score (nSPS) is 10.7. The van der Waals surface area contributed by atoms with Crippen LogP contribution in [0.4, 0.5) is 0 Å². The average molecular weight is 329 g/mol. The van der Waals surface area contributed by atoms with E-state index in [-0.39, 0.29) is 6.61 Å². The molecule has 2 N–H and O–H groups in total. The number of hydrogen-bond acceptors (Lipinski definition) is 4. The number of nitrogens with one attached hydrogen (secondary N) is 1. The third kappa shape index (κ3) is 5.55. The first-order valence-corrected chi connectivity index (χ1v) is 8.34. The van der Waals surface area contributed by atoms with Crippen molar-refractivity contribution in [2.45, 2.75) is 27.3 Å². The van der Waals surface area contributed by atoms with Crippen molar-refractivity contribution in [3.8, 4) is 11.5 Å². The van der Waals surface area contributed by atoms with Crippen molar-refractivity contribution in [1.82, 2.24) is 5.32 Å². The summed E-state index contributed by atoms with van der Waals surface area (Å²) in [5.41, 5.74) is 4.76. The molecule has 2 rings (SSSR count). The zero-order valence-electron chi connectivity index (χ0n) is 14.8. The van der Waals surface area contributed by atoms with Crippen molar-refractivity contribution in [3.05, 3.63) is 58.7 Å². The predicted molar refractivity (Wildman–Crippen MR) is 96.9 cm³/mol. The van der Waals surface area contributed by atoms with Crippen molar-refractivity contribution in [2.75, 3.05) is 26.4 Å². The van der Waals surface area contributed by atoms with Gasteiger partial charge in [0.15, 0.2) is 0 Å². The van der Waals surface area contributed by atoms with Gasteiger partial charge in [0.05, 0.1) is 6.61 Å². The Hall–Kier alpha value is -2.04. The van der Waals surface area contributed by atoms with Crippen LogP contribution >= 0.6 is 0 Å². The zero-order chi connectivity index (χ0) is 17.4. The van der Waals surface area contributed by atoms with Crippen molar-refractivity contribution in [2.24, 2.45) is 0 Å². The molecule has 2 aromatic carbocycles. The molecular weight excluding hydrogens is 302 g/mol. The number of rotatable bonds is 9. The highest BCUT2D eigenvalue weighted by molar-refractivity contribution is 5.41. The standard InChI is InChI=1S/C20H27NO3/c1-15-11-16(2)17(3)20(12-15)24-10-9-23-19-6-4-5-18(13-19)14-21-7-8-22/h4-6,11-13,21-22H,7-10,14H2,1-3H3. The summed E-state index contributed by atoms with van der Waals surface area (Å²) in [6.07, 6.45) is 0. The molecule has 0 aliphatic rings. The van der Waals surface area contributed by atoms with E-state index in [9.17, 15) is 0 Å². The van der Waals surface area contributed by atoms with Gasteiger partial charge in [0, 0.05) is 13.1 Å². The van der Waals surface area contributed by atoms with Crippen LogP contribution in [0, 0.1) is 20.8 Å². The van der Waals surface area contributed by atoms with Gasteiger partial charge < -0.3 is 19.9 Å². The Morgan fingerprint density at radius 1 is 1.00 bits per heavy atom. The minimum absolute atomic E-state index is 0.144. The topological polar surface area (TPSA) is 50.7 Å². The second-order valence-corrected chi connectivity index (χ2v) is 5.95. The summed E-state index contributed by atoms with van der Waals surface area (Å²) in [7, 11) is 0. The molecule has 0 radical (unpaired) electrons. The molecule has 4 nitrogen and oxygen atoms in total. The van der Waals surface area contributed by atoms with E-state index in [4.69, 9.17) is 14.6 Å². The van der Waals surface area contributed by atoms with Crippen molar-refractivity contribution >= 4 is 0 Å². The Balaban J connectivity index is 1.81. The molecule has 0 aliphatic carbocycles. The van der Waals surface area contributed by atoms with Crippen LogP contribution in [-0.2, 0) is 6.54 Å². The van der Waals surface area contributed by atoms with Crippen LogP contribution in [0.15, 0.2) is 36.4 Å². The van der Waals surface area contributed by atoms with Crippen molar-refractivity contribution in [3.63, 3.8) is 0 Å². The summed E-state index contributed by atoms with van der Waals surface area (Å²) >= 11 is 0. The smallest absolute Gasteiger partial charge is 0.122 e. The van der Waals surface area contributed by atoms with E-state index in [1.807, 2.05) is 24.3 Å². The number of aliphatic hydroxyl groups is 1. The van der Waals surface area contributed by atoms with Gasteiger partial charge in [0.2, 0.25) is 0 Å². The van der Waals surface area contributed by atoms with Gasteiger partial charge in [0.1, 0.15) is 24.7 Å². The average Bonchev–Trinajstić information content (AvgIpc) is 2.56. The fourth-order valence-corrected chi connectivity index (χ4v) is 2.52. The highest BCUT2D eigenvalue weighted by Gasteiger charge is 2.04. The molecule has 0 unspecified atom stereocenters. The van der Waals surface area contributed by atoms with Gasteiger partial charge >= 0.3 is 0 Å². The lowest BCUT2D eigenvalue weighted by Gasteiger charge is -2.13. The lowest BCUT2D eigenvalue weighted by Crippen LogP contribution is -2.17. The first-order valence-electron chi connectivity index (χ1n) is 8.34. The van der Waals surface area contributed by atoms with Crippen LogP contribution < -0.4 is 14.8 Å². The lowest BCUT2D eigenvalue weighted by atomic mass is 10.1. The Kier molecular flexibility index (Phi) is 7.09. The molecule has 0 aliphatic heterocycles. The van der Waals surface area contributed by atoms with E-state index in [0.717, 1.165) is 23.6 Å². The maximum Gasteiger partial charge on any atom is 0.122 e. The molecular formula is C20H27NO3. The Bertz CT molecular complexity index is 655. The van der Waals surface area contributed by atoms with Gasteiger partial charge in [-0.2, -0.15) is 0 Å². The molecule has 0 atom stereocenters. The van der Waals surface area contributed by atoms with Gasteiger partial charge in [-0.05, 0) is 61.2 Å². The van der Waals surface area contributed by atoms with Crippen molar-refractivity contribution < 1.29 is 14.6 Å². The van der Waals surface area contributed by atoms with Crippen LogP contribution in [0.2, 0.25) is 0 Å². The Morgan fingerprint density at radius 2 is 1.79 bits per heavy atom. The number of aryl methyl sites for hydroxylation is 2. The van der Waals surface area contributed by atoms with Gasteiger partial charge in [-0.25, -0.2) is 0 Å². The lowest BCUT2D eigenvalue weighted by molar-refractivity contribution is 0.216. The highest BCUT2D eigenvalue weighted by Crippen LogP contribution is 2.23. The first-order chi connectivity index (χ1) is 11.6. The number of aliphatic hydroxyl groups excluding tert-OH is 1. The summed E-state index contributed by atoms with van der Waals surface area (Å²) in [5.74, 6) is 1.76. The second-order valence-electron chi connectivity index (χ2n) is 5.95. The Morgan fingerprint density at radius 3 is 2.58 bits per heavy atom. The molecule has 0 saturated carbocycles. The zero-order valence-corrected chi connectivity index (χ0v) is 14.8. The first kappa shape index (κ1) is 18.3. The molecule has 0 saturated heterocycles. The third-order valence-corrected chi connectivity index (χ3v) is 3.89. The minimum Gasteiger partial charge on any atom is -0.490 e. The van der Waals surface area contributed by atoms with Crippen LogP contribution in [0.1, 0.15) is 22.3 Å². The molecule has 0 heterocycles. The molecule has 0 aromatic heterocycles. The predicted octanol–water partition coefficient (Wildman–Crippen LogP) is 3.15. The van der Waals surface area contributed by atoms with E-state index in [0.29, 0.717) is 19.8 Å². The van der Waals surface area contributed by atoms with E-state index in [1.54, 1.807) is 0 Å². The molecule has 0 bridgehead atoms. The minimum atomic E-state index is 0.144. The van der Waals surface area contributed by atoms with Gasteiger partial charge in [-0.3, -0.25) is 0 Å². The van der Waals surface area contributed by atoms with E-state index in [2.05, 4.69) is 38.2 Å². The SMILES string of the molecule is Cc1cc(C)c(C)c(OCCOc2cccc(CNCCO)c2)c1. The summed E-state index contributed by atoms with van der Waals surface area (Å²) in [6, 6.07) is 12.2. The quantitative estimate of drug-likeness (QED) is 0.694. The van der Waals surface area contributed by atoms with Crippen LogP contribution in [0.3, 0.4) is 0 Å². The molecule has 24 heavy (non-hydrogen) atoms. The molecule has 4 heteroatoms. The van der Waals surface area contributed by atoms with Crippen LogP contribution in [0.5, 0.6) is 11.5 Å². The van der Waals surface area contributed by atoms with E-state index >= 15 is 0 Å². The number of hydrogen-bond donors (Lipinski definition) is 2. The largest absolute Gasteiger partial charge is 0.490 e. The molecule has 0 fully saturated rings. The fraction of sp³-hybridized carbons (Fsp3) is 0.400. The van der Waals surface area contributed by atoms with Gasteiger partial charge in [-0.1, -0.05) is 18.2 Å². The highest BCUT2D eigenvalue weighted by atomic mass is 16.5. The number of benzene rings is 2. The van der Waals surface area contributed by atoms with Crippen LogP contribution in [-0.4, -0.2) is 31.5 Å². The van der Waals surface area contributed by atoms with Gasteiger partial charge in [-0.15, -0.1) is 0 Å². The molecule has 130 valence electrons. The monoisotopic (exact) mass is 329 g/mol. The maximum atomic E-state index is 8.79. The summed E-state index contributed by atoms with van der Waals surface area (Å²) in [6.45, 7) is 8.72. The molecule has 0 amide bonds. The van der Waals surface area contributed by atoms with Crippen molar-refractivity contribution in [1.29, 1.82) is 0 Å². The fourth-order valence-electron chi connectivity index (χ4n) is 2.52.